The molecule has 1 aromatic carbocycles. The number of carboxylic acid groups (broad SMARTS) is 1. The van der Waals surface area contributed by atoms with Crippen LogP contribution in [0.3, 0.4) is 0 Å². The predicted molar refractivity (Wildman–Crippen MR) is 70.5 cm³/mol. The number of carbonyl (C=O) groups is 1. The van der Waals surface area contributed by atoms with Gasteiger partial charge < -0.3 is 10.4 Å². The zero-order valence-electron chi connectivity index (χ0n) is 10.6. The molecule has 6 heteroatoms. The lowest BCUT2D eigenvalue weighted by Gasteiger charge is -2.15. The highest BCUT2D eigenvalue weighted by Crippen LogP contribution is 2.35. The number of nitrogens with one attached hydrogen (secondary N) is 1. The summed E-state index contributed by atoms with van der Waals surface area (Å²) in [7, 11) is 0. The number of aromatic carboxylic acids is 1. The summed E-state index contributed by atoms with van der Waals surface area (Å²) >= 11 is 0. The largest absolute Gasteiger partial charge is 0.478 e. The van der Waals surface area contributed by atoms with Crippen LogP contribution < -0.4 is 5.32 Å². The van der Waals surface area contributed by atoms with Crippen LogP contribution in [0.15, 0.2) is 18.2 Å². The maximum atomic E-state index is 10.9. The molecular weight excluding hydrogens is 248 g/mol. The van der Waals surface area contributed by atoms with Gasteiger partial charge in [0.05, 0.1) is 10.5 Å². The molecule has 1 atom stereocenters. The molecule has 0 bridgehead atoms. The number of nitro groups is 1. The third-order valence-corrected chi connectivity index (χ3v) is 3.23. The van der Waals surface area contributed by atoms with Crippen molar-refractivity contribution in [3.05, 3.63) is 33.9 Å². The first-order chi connectivity index (χ1) is 8.97. The van der Waals surface area contributed by atoms with Gasteiger partial charge in [0.25, 0.3) is 5.69 Å². The van der Waals surface area contributed by atoms with E-state index in [0.29, 0.717) is 5.92 Å². The average Bonchev–Trinajstić information content (AvgIpc) is 3.12. The van der Waals surface area contributed by atoms with E-state index >= 15 is 0 Å². The molecule has 0 spiro atoms. The van der Waals surface area contributed by atoms with Gasteiger partial charge in [0, 0.05) is 12.1 Å². The highest BCUT2D eigenvalue weighted by Gasteiger charge is 2.25. The van der Waals surface area contributed by atoms with Crippen molar-refractivity contribution in [1.29, 1.82) is 0 Å². The van der Waals surface area contributed by atoms with Gasteiger partial charge in [0.2, 0.25) is 0 Å². The van der Waals surface area contributed by atoms with Crippen LogP contribution in [-0.4, -0.2) is 22.0 Å². The maximum Gasteiger partial charge on any atom is 0.335 e. The van der Waals surface area contributed by atoms with Crippen LogP contribution in [0.5, 0.6) is 0 Å². The Hall–Kier alpha value is -2.11. The van der Waals surface area contributed by atoms with Crippen molar-refractivity contribution in [2.75, 3.05) is 5.32 Å². The van der Waals surface area contributed by atoms with E-state index in [1.807, 2.05) is 6.92 Å². The van der Waals surface area contributed by atoms with Crippen LogP contribution >= 0.6 is 0 Å². The molecule has 1 aliphatic carbocycles. The molecule has 1 aliphatic rings. The molecule has 0 heterocycles. The fourth-order valence-corrected chi connectivity index (χ4v) is 2.12. The lowest BCUT2D eigenvalue weighted by Crippen LogP contribution is -2.17. The average molecular weight is 264 g/mol. The predicted octanol–water partition coefficient (Wildman–Crippen LogP) is 2.89. The summed E-state index contributed by atoms with van der Waals surface area (Å²) in [5.41, 5.74) is 0.234. The fourth-order valence-electron chi connectivity index (χ4n) is 2.12. The van der Waals surface area contributed by atoms with Crippen LogP contribution in [0.1, 0.15) is 36.5 Å². The zero-order chi connectivity index (χ0) is 14.0. The molecule has 0 amide bonds. The quantitative estimate of drug-likeness (QED) is 0.608. The molecule has 0 aromatic heterocycles. The molecule has 6 nitrogen and oxygen atoms in total. The number of benzene rings is 1. The van der Waals surface area contributed by atoms with Gasteiger partial charge in [0.15, 0.2) is 0 Å². The second-order valence-corrected chi connectivity index (χ2v) is 5.02. The van der Waals surface area contributed by atoms with Gasteiger partial charge in [-0.2, -0.15) is 0 Å². The summed E-state index contributed by atoms with van der Waals surface area (Å²) in [6.45, 7) is 1.95. The minimum atomic E-state index is -1.09. The van der Waals surface area contributed by atoms with Crippen molar-refractivity contribution in [2.45, 2.75) is 32.2 Å². The van der Waals surface area contributed by atoms with Crippen LogP contribution in [0.2, 0.25) is 0 Å². The lowest BCUT2D eigenvalue weighted by molar-refractivity contribution is -0.384. The molecule has 0 aliphatic heterocycles. The van der Waals surface area contributed by atoms with Crippen LogP contribution in [-0.2, 0) is 0 Å². The topological polar surface area (TPSA) is 92.5 Å². The summed E-state index contributed by atoms with van der Waals surface area (Å²) in [5, 5.41) is 22.9. The number of carboxylic acids is 1. The summed E-state index contributed by atoms with van der Waals surface area (Å²) < 4.78 is 0. The number of nitro benzene ring substituents is 1. The number of rotatable bonds is 6. The van der Waals surface area contributed by atoms with Gasteiger partial charge in [-0.1, -0.05) is 12.8 Å². The third kappa shape index (κ3) is 3.43. The Balaban J connectivity index is 2.20. The molecule has 0 radical (unpaired) electrons. The highest BCUT2D eigenvalue weighted by atomic mass is 16.6. The minimum Gasteiger partial charge on any atom is -0.478 e. The Bertz CT molecular complexity index is 511. The Kier molecular flexibility index (Phi) is 3.69. The number of hydrogen-bond donors (Lipinski definition) is 2. The number of hydrogen-bond acceptors (Lipinski definition) is 4. The molecular formula is C13H16N2O4. The molecule has 2 N–H and O–H groups in total. The highest BCUT2D eigenvalue weighted by molar-refractivity contribution is 5.90. The zero-order valence-corrected chi connectivity index (χ0v) is 10.6. The first kappa shape index (κ1) is 13.3. The molecule has 1 aromatic rings. The van der Waals surface area contributed by atoms with Crippen LogP contribution in [0.4, 0.5) is 11.4 Å². The van der Waals surface area contributed by atoms with Crippen molar-refractivity contribution in [3.63, 3.8) is 0 Å². The summed E-state index contributed by atoms with van der Waals surface area (Å²) in [6.07, 6.45) is 3.38. The molecule has 1 unspecified atom stereocenters. The summed E-state index contributed by atoms with van der Waals surface area (Å²) in [4.78, 5) is 21.3. The standard InChI is InChI=1S/C13H16N2O4/c1-8(6-9-2-3-9)14-11-7-10(13(16)17)4-5-12(11)15(18)19/h4-5,7-9,14H,2-3,6H2,1H3,(H,16,17). The van der Waals surface area contributed by atoms with Crippen LogP contribution in [0, 0.1) is 16.0 Å². The first-order valence-electron chi connectivity index (χ1n) is 6.25. The SMILES string of the molecule is CC(CC1CC1)Nc1cc(C(=O)O)ccc1[N+](=O)[O-]. The Morgan fingerprint density at radius 3 is 2.79 bits per heavy atom. The summed E-state index contributed by atoms with van der Waals surface area (Å²) in [5.74, 6) is -0.392. The third-order valence-electron chi connectivity index (χ3n) is 3.23. The van der Waals surface area contributed by atoms with Crippen molar-refractivity contribution in [2.24, 2.45) is 5.92 Å². The lowest BCUT2D eigenvalue weighted by atomic mass is 10.1. The van der Waals surface area contributed by atoms with E-state index in [1.165, 1.54) is 31.0 Å². The van der Waals surface area contributed by atoms with Gasteiger partial charge in [-0.25, -0.2) is 4.79 Å². The molecule has 0 saturated heterocycles. The van der Waals surface area contributed by atoms with E-state index in [4.69, 9.17) is 5.11 Å². The second kappa shape index (κ2) is 5.26. The number of anilines is 1. The van der Waals surface area contributed by atoms with Crippen molar-refractivity contribution >= 4 is 17.3 Å². The van der Waals surface area contributed by atoms with E-state index in [2.05, 4.69) is 5.32 Å². The van der Waals surface area contributed by atoms with Crippen LogP contribution in [0.25, 0.3) is 0 Å². The van der Waals surface area contributed by atoms with Crippen molar-refractivity contribution in [3.8, 4) is 0 Å². The monoisotopic (exact) mass is 264 g/mol. The molecule has 2 rings (SSSR count). The smallest absolute Gasteiger partial charge is 0.335 e. The van der Waals surface area contributed by atoms with Gasteiger partial charge in [-0.05, 0) is 31.4 Å². The van der Waals surface area contributed by atoms with E-state index in [0.717, 1.165) is 6.42 Å². The Morgan fingerprint density at radius 1 is 1.58 bits per heavy atom. The normalized spacial score (nSPS) is 15.8. The molecule has 19 heavy (non-hydrogen) atoms. The van der Waals surface area contributed by atoms with Gasteiger partial charge >= 0.3 is 5.97 Å². The van der Waals surface area contributed by atoms with E-state index < -0.39 is 10.9 Å². The second-order valence-electron chi connectivity index (χ2n) is 5.02. The van der Waals surface area contributed by atoms with Crippen molar-refractivity contribution < 1.29 is 14.8 Å². The maximum absolute atomic E-state index is 10.9. The number of nitrogens with zero attached hydrogens (tertiary/aromatic N) is 1. The van der Waals surface area contributed by atoms with Gasteiger partial charge in [0.1, 0.15) is 5.69 Å². The Morgan fingerprint density at radius 2 is 2.26 bits per heavy atom. The first-order valence-corrected chi connectivity index (χ1v) is 6.25. The Labute approximate surface area is 110 Å². The molecule has 1 saturated carbocycles. The van der Waals surface area contributed by atoms with Gasteiger partial charge in [-0.15, -0.1) is 0 Å². The van der Waals surface area contributed by atoms with E-state index in [1.54, 1.807) is 0 Å². The summed E-state index contributed by atoms with van der Waals surface area (Å²) in [6, 6.07) is 3.90. The molecule has 102 valence electrons. The fraction of sp³-hybridized carbons (Fsp3) is 0.462. The van der Waals surface area contributed by atoms with Gasteiger partial charge in [-0.3, -0.25) is 10.1 Å². The van der Waals surface area contributed by atoms with E-state index in [9.17, 15) is 14.9 Å². The van der Waals surface area contributed by atoms with Crippen molar-refractivity contribution in [1.82, 2.24) is 0 Å². The molecule has 1 fully saturated rings. The minimum absolute atomic E-state index is 0.0479. The van der Waals surface area contributed by atoms with E-state index in [-0.39, 0.29) is 23.0 Å².